The Morgan fingerprint density at radius 1 is 0.719 bits per heavy atom. The maximum absolute atomic E-state index is 4.89. The van der Waals surface area contributed by atoms with E-state index in [-0.39, 0.29) is 0 Å². The minimum Gasteiger partial charge on any atom is -0.348 e. The molecular formula is C27H25N5. The van der Waals surface area contributed by atoms with Gasteiger partial charge in [0.1, 0.15) is 5.82 Å². The van der Waals surface area contributed by atoms with Gasteiger partial charge in [0.05, 0.1) is 0 Å². The Morgan fingerprint density at radius 2 is 1.31 bits per heavy atom. The molecule has 0 saturated carbocycles. The molecule has 5 nitrogen and oxygen atoms in total. The molecule has 0 fully saturated rings. The third kappa shape index (κ3) is 4.10. The average Bonchev–Trinajstić information content (AvgIpc) is 3.23. The summed E-state index contributed by atoms with van der Waals surface area (Å²) in [7, 11) is 0. The Hall–Kier alpha value is -3.99. The molecule has 0 saturated heterocycles. The van der Waals surface area contributed by atoms with E-state index in [2.05, 4.69) is 83.5 Å². The second-order valence-electron chi connectivity index (χ2n) is 8.05. The van der Waals surface area contributed by atoms with Crippen molar-refractivity contribution < 1.29 is 0 Å². The molecule has 3 aromatic carbocycles. The third-order valence-electron chi connectivity index (χ3n) is 5.56. The van der Waals surface area contributed by atoms with Crippen LogP contribution < -0.4 is 4.90 Å². The van der Waals surface area contributed by atoms with E-state index < -0.39 is 0 Å². The third-order valence-corrected chi connectivity index (χ3v) is 5.56. The molecule has 5 heteroatoms. The van der Waals surface area contributed by atoms with Gasteiger partial charge in [0.2, 0.25) is 0 Å². The fourth-order valence-electron chi connectivity index (χ4n) is 3.96. The number of benzene rings is 3. The van der Waals surface area contributed by atoms with Crippen molar-refractivity contribution in [2.24, 2.45) is 0 Å². The van der Waals surface area contributed by atoms with Crippen molar-refractivity contribution in [1.29, 1.82) is 0 Å². The summed E-state index contributed by atoms with van der Waals surface area (Å²) in [6, 6.07) is 31.3. The topological polar surface area (TPSA) is 46.3 Å². The monoisotopic (exact) mass is 419 g/mol. The molecule has 5 rings (SSSR count). The maximum atomic E-state index is 4.89. The number of rotatable bonds is 6. The summed E-state index contributed by atoms with van der Waals surface area (Å²) >= 11 is 0. The molecule has 0 radical (unpaired) electrons. The molecule has 32 heavy (non-hydrogen) atoms. The highest BCUT2D eigenvalue weighted by Gasteiger charge is 2.18. The van der Waals surface area contributed by atoms with Crippen molar-refractivity contribution in [2.45, 2.75) is 26.9 Å². The highest BCUT2D eigenvalue weighted by molar-refractivity contribution is 5.62. The summed E-state index contributed by atoms with van der Waals surface area (Å²) in [6.07, 6.45) is 0. The van der Waals surface area contributed by atoms with Crippen molar-refractivity contribution in [3.63, 3.8) is 0 Å². The Bertz CT molecular complexity index is 1300. The normalized spacial score (nSPS) is 11.1. The van der Waals surface area contributed by atoms with Crippen LogP contribution in [0.5, 0.6) is 0 Å². The smallest absolute Gasteiger partial charge is 0.254 e. The molecule has 0 bridgehead atoms. The molecule has 2 aromatic heterocycles. The number of aromatic nitrogens is 4. The lowest BCUT2D eigenvalue weighted by molar-refractivity contribution is 0.750. The van der Waals surface area contributed by atoms with E-state index >= 15 is 0 Å². The SMILES string of the molecule is Cc1cc(N(Cc2ccccc2)Cc2ccccc2)n2nc(-c3ccccc3C)nc2n1. The molecule has 0 N–H and O–H groups in total. The average molecular weight is 420 g/mol. The van der Waals surface area contributed by atoms with Gasteiger partial charge in [0, 0.05) is 30.4 Å². The van der Waals surface area contributed by atoms with Gasteiger partial charge in [0.25, 0.3) is 5.78 Å². The predicted octanol–water partition coefficient (Wildman–Crippen LogP) is 5.61. The van der Waals surface area contributed by atoms with Gasteiger partial charge < -0.3 is 4.90 Å². The van der Waals surface area contributed by atoms with Gasteiger partial charge in [-0.25, -0.2) is 4.98 Å². The van der Waals surface area contributed by atoms with Crippen molar-refractivity contribution >= 4 is 11.6 Å². The lowest BCUT2D eigenvalue weighted by Gasteiger charge is -2.25. The predicted molar refractivity (Wildman–Crippen MR) is 128 cm³/mol. The van der Waals surface area contributed by atoms with Crippen LogP contribution in [0.25, 0.3) is 17.2 Å². The zero-order valence-corrected chi connectivity index (χ0v) is 18.3. The summed E-state index contributed by atoms with van der Waals surface area (Å²) in [5.41, 5.74) is 5.57. The van der Waals surface area contributed by atoms with Gasteiger partial charge in [-0.15, -0.1) is 5.10 Å². The number of anilines is 1. The molecule has 0 spiro atoms. The second-order valence-corrected chi connectivity index (χ2v) is 8.05. The number of aryl methyl sites for hydroxylation is 2. The molecule has 0 unspecified atom stereocenters. The zero-order chi connectivity index (χ0) is 21.9. The standard InChI is InChI=1S/C27H25N5/c1-20-11-9-10-16-24(20)26-29-27-28-21(2)17-25(32(27)30-26)31(18-22-12-5-3-6-13-22)19-23-14-7-4-8-15-23/h3-17H,18-19H2,1-2H3. The van der Waals surface area contributed by atoms with Crippen molar-refractivity contribution in [3.05, 3.63) is 113 Å². The van der Waals surface area contributed by atoms with Crippen LogP contribution in [0.1, 0.15) is 22.4 Å². The Balaban J connectivity index is 1.63. The highest BCUT2D eigenvalue weighted by atomic mass is 15.4. The molecule has 2 heterocycles. The lowest BCUT2D eigenvalue weighted by atomic mass is 10.1. The molecule has 158 valence electrons. The van der Waals surface area contributed by atoms with E-state index in [1.807, 2.05) is 35.7 Å². The lowest BCUT2D eigenvalue weighted by Crippen LogP contribution is -2.25. The molecule has 0 amide bonds. The highest BCUT2D eigenvalue weighted by Crippen LogP contribution is 2.25. The van der Waals surface area contributed by atoms with Gasteiger partial charge in [-0.3, -0.25) is 0 Å². The molecule has 0 aliphatic heterocycles. The van der Waals surface area contributed by atoms with E-state index in [0.717, 1.165) is 35.7 Å². The molecule has 5 aromatic rings. The second kappa shape index (κ2) is 8.63. The number of fused-ring (bicyclic) bond motifs is 1. The van der Waals surface area contributed by atoms with Crippen molar-refractivity contribution in [2.75, 3.05) is 4.90 Å². The van der Waals surface area contributed by atoms with Crippen LogP contribution in [-0.4, -0.2) is 19.6 Å². The Labute approximate surface area is 188 Å². The van der Waals surface area contributed by atoms with Crippen LogP contribution >= 0.6 is 0 Å². The number of hydrogen-bond acceptors (Lipinski definition) is 4. The fourth-order valence-corrected chi connectivity index (χ4v) is 3.96. The van der Waals surface area contributed by atoms with E-state index in [4.69, 9.17) is 10.1 Å². The molecular weight excluding hydrogens is 394 g/mol. The van der Waals surface area contributed by atoms with Gasteiger partial charge >= 0.3 is 0 Å². The summed E-state index contributed by atoms with van der Waals surface area (Å²) in [5.74, 6) is 2.29. The first kappa shape index (κ1) is 19.9. The van der Waals surface area contributed by atoms with Gasteiger partial charge in [-0.1, -0.05) is 84.9 Å². The van der Waals surface area contributed by atoms with E-state index in [9.17, 15) is 0 Å². The van der Waals surface area contributed by atoms with E-state index in [1.54, 1.807) is 0 Å². The minimum absolute atomic E-state index is 0.615. The first-order chi connectivity index (χ1) is 15.7. The summed E-state index contributed by atoms with van der Waals surface area (Å²) in [6.45, 7) is 5.61. The van der Waals surface area contributed by atoms with Crippen molar-refractivity contribution in [1.82, 2.24) is 19.6 Å². The summed E-state index contributed by atoms with van der Waals surface area (Å²) in [5, 5.41) is 4.89. The fraction of sp³-hybridized carbons (Fsp3) is 0.148. The zero-order valence-electron chi connectivity index (χ0n) is 18.3. The molecule has 0 aliphatic rings. The van der Waals surface area contributed by atoms with Gasteiger partial charge in [-0.2, -0.15) is 9.50 Å². The number of hydrogen-bond donors (Lipinski definition) is 0. The van der Waals surface area contributed by atoms with Crippen LogP contribution in [0, 0.1) is 13.8 Å². The van der Waals surface area contributed by atoms with Crippen LogP contribution in [0.15, 0.2) is 91.0 Å². The molecule has 0 atom stereocenters. The molecule has 0 aliphatic carbocycles. The summed E-state index contributed by atoms with van der Waals surface area (Å²) < 4.78 is 1.88. The number of nitrogens with zero attached hydrogens (tertiary/aromatic N) is 5. The Kier molecular flexibility index (Phi) is 5.38. The van der Waals surface area contributed by atoms with Crippen LogP contribution in [-0.2, 0) is 13.1 Å². The van der Waals surface area contributed by atoms with Crippen LogP contribution in [0.4, 0.5) is 5.82 Å². The van der Waals surface area contributed by atoms with Gasteiger partial charge in [0.15, 0.2) is 5.82 Å². The van der Waals surface area contributed by atoms with Crippen molar-refractivity contribution in [3.8, 4) is 11.4 Å². The van der Waals surface area contributed by atoms with E-state index in [0.29, 0.717) is 11.6 Å². The summed E-state index contributed by atoms with van der Waals surface area (Å²) in [4.78, 5) is 11.8. The van der Waals surface area contributed by atoms with E-state index in [1.165, 1.54) is 11.1 Å². The van der Waals surface area contributed by atoms with Crippen LogP contribution in [0.3, 0.4) is 0 Å². The first-order valence-corrected chi connectivity index (χ1v) is 10.8. The van der Waals surface area contributed by atoms with Crippen LogP contribution in [0.2, 0.25) is 0 Å². The maximum Gasteiger partial charge on any atom is 0.254 e. The Morgan fingerprint density at radius 3 is 1.94 bits per heavy atom. The largest absolute Gasteiger partial charge is 0.348 e. The minimum atomic E-state index is 0.615. The first-order valence-electron chi connectivity index (χ1n) is 10.8. The quantitative estimate of drug-likeness (QED) is 0.359. The van der Waals surface area contributed by atoms with Gasteiger partial charge in [-0.05, 0) is 30.5 Å².